The number of hydrazine groups is 1. The Bertz CT molecular complexity index is 344. The van der Waals surface area contributed by atoms with Crippen molar-refractivity contribution in [3.8, 4) is 0 Å². The summed E-state index contributed by atoms with van der Waals surface area (Å²) in [5.74, 6) is 1.13. The largest absolute Gasteiger partial charge is 1.00 e. The van der Waals surface area contributed by atoms with Crippen LogP contribution in [0.15, 0.2) is 17.1 Å². The lowest BCUT2D eigenvalue weighted by Gasteiger charge is -2.42. The molecular formula is C10H21ClN4O4. The van der Waals surface area contributed by atoms with Crippen molar-refractivity contribution in [2.24, 2.45) is 5.10 Å². The van der Waals surface area contributed by atoms with Crippen LogP contribution in [0.3, 0.4) is 0 Å². The van der Waals surface area contributed by atoms with E-state index in [1.54, 1.807) is 25.5 Å². The number of rotatable bonds is 2. The van der Waals surface area contributed by atoms with Gasteiger partial charge in [0.15, 0.2) is 0 Å². The highest BCUT2D eigenvalue weighted by Gasteiger charge is 2.35. The van der Waals surface area contributed by atoms with E-state index in [1.807, 2.05) is 0 Å². The Morgan fingerprint density at radius 2 is 1.95 bits per heavy atom. The fourth-order valence-corrected chi connectivity index (χ4v) is 1.75. The van der Waals surface area contributed by atoms with Gasteiger partial charge in [0.25, 0.3) is 0 Å². The minimum Gasteiger partial charge on any atom is -1.00 e. The summed E-state index contributed by atoms with van der Waals surface area (Å²) < 4.78 is 16.3. The number of methoxy groups -OCH3 is 2. The third-order valence-corrected chi connectivity index (χ3v) is 2.98. The number of quaternary nitrogens is 1. The van der Waals surface area contributed by atoms with Crippen LogP contribution in [-0.4, -0.2) is 68.8 Å². The number of nitrogens with zero attached hydrogens (tertiary/aromatic N) is 3. The zero-order valence-electron chi connectivity index (χ0n) is 11.4. The molecule has 0 bridgehead atoms. The van der Waals surface area contributed by atoms with Crippen molar-refractivity contribution >= 4 is 5.90 Å². The van der Waals surface area contributed by atoms with Crippen LogP contribution < -0.4 is 17.8 Å². The summed E-state index contributed by atoms with van der Waals surface area (Å²) >= 11 is 0. The lowest BCUT2D eigenvalue weighted by atomic mass is 10.4. The summed E-state index contributed by atoms with van der Waals surface area (Å²) in [6.45, 7) is 3.14. The molecule has 0 spiro atoms. The predicted molar refractivity (Wildman–Crippen MR) is 64.9 cm³/mol. The highest BCUT2D eigenvalue weighted by atomic mass is 35.5. The number of hydrazone groups is 1. The number of nitrogens with one attached hydrogen (secondary N) is 1. The fourth-order valence-electron chi connectivity index (χ4n) is 1.75. The van der Waals surface area contributed by atoms with Gasteiger partial charge in [0.05, 0.1) is 40.6 Å². The number of morpholine rings is 1. The summed E-state index contributed by atoms with van der Waals surface area (Å²) in [6, 6.07) is 0. The van der Waals surface area contributed by atoms with Crippen LogP contribution in [-0.2, 0) is 14.2 Å². The molecule has 2 aliphatic rings. The van der Waals surface area contributed by atoms with Crippen molar-refractivity contribution < 1.29 is 36.7 Å². The Hall–Kier alpha value is -1.22. The molecule has 0 unspecified atom stereocenters. The van der Waals surface area contributed by atoms with E-state index < -0.39 is 0 Å². The lowest BCUT2D eigenvalue weighted by Crippen LogP contribution is -3.00. The molecule has 1 saturated heterocycles. The second-order valence-corrected chi connectivity index (χ2v) is 4.15. The Labute approximate surface area is 118 Å². The van der Waals surface area contributed by atoms with E-state index in [4.69, 9.17) is 14.2 Å². The molecule has 8 nitrogen and oxygen atoms in total. The number of likely N-dealkylation sites (N-methyl/N-ethyl adjacent to an activating group) is 1. The van der Waals surface area contributed by atoms with Crippen molar-refractivity contribution in [1.29, 1.82) is 0 Å². The quantitative estimate of drug-likeness (QED) is 0.523. The summed E-state index contributed by atoms with van der Waals surface area (Å²) in [5.41, 5.74) is 3.10. The maximum Gasteiger partial charge on any atom is 0.243 e. The lowest BCUT2D eigenvalue weighted by molar-refractivity contribution is -1.03. The van der Waals surface area contributed by atoms with Gasteiger partial charge in [0.2, 0.25) is 11.8 Å². The van der Waals surface area contributed by atoms with Crippen LogP contribution in [0.1, 0.15) is 0 Å². The van der Waals surface area contributed by atoms with Crippen LogP contribution in [0.25, 0.3) is 0 Å². The molecule has 112 valence electrons. The van der Waals surface area contributed by atoms with Gasteiger partial charge in [0.1, 0.15) is 13.1 Å². The van der Waals surface area contributed by atoms with Gasteiger partial charge in [-0.15, -0.1) is 0 Å². The van der Waals surface area contributed by atoms with Crippen molar-refractivity contribution in [1.82, 2.24) is 10.7 Å². The molecule has 0 aromatic carbocycles. The summed E-state index contributed by atoms with van der Waals surface area (Å²) in [7, 11) is 5.28. The zero-order chi connectivity index (χ0) is 12.3. The first-order valence-electron chi connectivity index (χ1n) is 5.56. The number of hydrogen-bond acceptors (Lipinski definition) is 6. The van der Waals surface area contributed by atoms with Crippen LogP contribution >= 0.6 is 0 Å². The number of hydrogen-bond donors (Lipinski definition) is 1. The topological polar surface area (TPSA) is 86.8 Å². The minimum absolute atomic E-state index is 0. The van der Waals surface area contributed by atoms with Gasteiger partial charge in [-0.2, -0.15) is 4.59 Å². The van der Waals surface area contributed by atoms with E-state index in [0.717, 1.165) is 26.3 Å². The Morgan fingerprint density at radius 3 is 2.47 bits per heavy atom. The zero-order valence-corrected chi connectivity index (χ0v) is 12.1. The van der Waals surface area contributed by atoms with Crippen LogP contribution in [0.4, 0.5) is 0 Å². The molecule has 0 aliphatic carbocycles. The summed E-state index contributed by atoms with van der Waals surface area (Å²) in [4.78, 5) is 0. The molecule has 0 aromatic rings. The van der Waals surface area contributed by atoms with E-state index in [1.165, 1.54) is 0 Å². The van der Waals surface area contributed by atoms with Crippen molar-refractivity contribution in [3.63, 3.8) is 0 Å². The highest BCUT2D eigenvalue weighted by Crippen LogP contribution is 2.15. The normalized spacial score (nSPS) is 20.9. The minimum atomic E-state index is 0. The standard InChI is InChI=1S/C10H19N4O3.ClH.H2O/c1-14(4-6-17-7-5-14)13-11-9(15-2)8-10(12-13)16-3;;/h8,11H,4-7H2,1-3H3;1H;1H2/q+1;;/p-1. The molecular weight excluding hydrogens is 276 g/mol. The van der Waals surface area contributed by atoms with Gasteiger partial charge < -0.3 is 32.1 Å². The van der Waals surface area contributed by atoms with Crippen molar-refractivity contribution in [2.75, 3.05) is 47.6 Å². The van der Waals surface area contributed by atoms with Crippen LogP contribution in [0, 0.1) is 0 Å². The van der Waals surface area contributed by atoms with Gasteiger partial charge in [-0.05, 0) is 5.23 Å². The van der Waals surface area contributed by atoms with E-state index in [0.29, 0.717) is 16.4 Å². The smallest absolute Gasteiger partial charge is 0.243 e. The molecule has 0 saturated carbocycles. The first kappa shape index (κ1) is 17.8. The molecule has 2 heterocycles. The number of ether oxygens (including phenoxy) is 3. The molecule has 1 fully saturated rings. The van der Waals surface area contributed by atoms with E-state index >= 15 is 0 Å². The van der Waals surface area contributed by atoms with E-state index in [-0.39, 0.29) is 17.9 Å². The molecule has 19 heavy (non-hydrogen) atoms. The molecule has 2 aliphatic heterocycles. The van der Waals surface area contributed by atoms with Gasteiger partial charge in [-0.25, -0.2) is 5.43 Å². The number of halogens is 1. The molecule has 3 N–H and O–H groups in total. The first-order valence-corrected chi connectivity index (χ1v) is 5.56. The Balaban J connectivity index is 0.00000162. The Morgan fingerprint density at radius 1 is 1.32 bits per heavy atom. The second kappa shape index (κ2) is 7.39. The van der Waals surface area contributed by atoms with Gasteiger partial charge in [-0.3, -0.25) is 0 Å². The molecule has 0 amide bonds. The maximum atomic E-state index is 5.37. The molecule has 0 radical (unpaired) electrons. The predicted octanol–water partition coefficient (Wildman–Crippen LogP) is -4.17. The van der Waals surface area contributed by atoms with Crippen molar-refractivity contribution in [2.45, 2.75) is 0 Å². The fraction of sp³-hybridized carbons (Fsp3) is 0.700. The third-order valence-electron chi connectivity index (χ3n) is 2.98. The summed E-state index contributed by atoms with van der Waals surface area (Å²) in [5, 5.41) is 6.12. The van der Waals surface area contributed by atoms with Crippen LogP contribution in [0.5, 0.6) is 0 Å². The van der Waals surface area contributed by atoms with Gasteiger partial charge >= 0.3 is 0 Å². The average Bonchev–Trinajstić information content (AvgIpc) is 2.39. The van der Waals surface area contributed by atoms with Gasteiger partial charge in [-0.1, -0.05) is 5.10 Å². The van der Waals surface area contributed by atoms with E-state index in [2.05, 4.69) is 17.6 Å². The first-order chi connectivity index (χ1) is 8.18. The Kier molecular flexibility index (Phi) is 6.91. The van der Waals surface area contributed by atoms with Crippen LogP contribution in [0.2, 0.25) is 0 Å². The molecule has 9 heteroatoms. The van der Waals surface area contributed by atoms with E-state index in [9.17, 15) is 0 Å². The monoisotopic (exact) mass is 296 g/mol. The molecule has 2 rings (SSSR count). The molecule has 0 aromatic heterocycles. The summed E-state index contributed by atoms with van der Waals surface area (Å²) in [6.07, 6.45) is 1.71. The molecule has 0 atom stereocenters. The second-order valence-electron chi connectivity index (χ2n) is 4.15. The van der Waals surface area contributed by atoms with Gasteiger partial charge in [0, 0.05) is 0 Å². The maximum absolute atomic E-state index is 5.37. The highest BCUT2D eigenvalue weighted by molar-refractivity contribution is 5.88. The average molecular weight is 297 g/mol. The third kappa shape index (κ3) is 3.87. The van der Waals surface area contributed by atoms with Crippen molar-refractivity contribution in [3.05, 3.63) is 12.0 Å². The SMILES string of the molecule is COC1=CC(OC)=NN([N+]2(C)CCOCC2)N1.O.[Cl-].